The lowest BCUT2D eigenvalue weighted by molar-refractivity contribution is -0.128. The minimum atomic E-state index is -2.62. The van der Waals surface area contributed by atoms with Crippen molar-refractivity contribution in [3.8, 4) is 5.75 Å². The maximum Gasteiger partial charge on any atom is 0.254 e. The summed E-state index contributed by atoms with van der Waals surface area (Å²) in [5, 5.41) is 6.59. The molecule has 2 N–H and O–H groups in total. The zero-order valence-corrected chi connectivity index (χ0v) is 24.1. The molecule has 0 aliphatic carbocycles. The number of aldehydes is 1. The molecule has 0 spiro atoms. The number of rotatable bonds is 14. The molecular weight excluding hydrogens is 531 g/mol. The van der Waals surface area contributed by atoms with Crippen LogP contribution in [0.5, 0.6) is 5.75 Å². The Kier molecular flexibility index (Phi) is 10.5. The summed E-state index contributed by atoms with van der Waals surface area (Å²) in [5.41, 5.74) is -0.980. The van der Waals surface area contributed by atoms with E-state index in [-0.39, 0.29) is 42.9 Å². The van der Waals surface area contributed by atoms with Crippen molar-refractivity contribution in [3.63, 3.8) is 0 Å². The third-order valence-electron chi connectivity index (χ3n) is 7.41. The highest BCUT2D eigenvalue weighted by Gasteiger charge is 2.58. The van der Waals surface area contributed by atoms with Crippen molar-refractivity contribution in [2.45, 2.75) is 49.4 Å². The number of likely N-dealkylation sites (N-methyl/N-ethyl adjacent to an activating group) is 1. The fraction of sp³-hybridized carbons (Fsp3) is 0.464. The number of ether oxygens (including phenoxy) is 1. The van der Waals surface area contributed by atoms with Gasteiger partial charge >= 0.3 is 0 Å². The molecule has 42 heavy (non-hydrogen) atoms. The van der Waals surface area contributed by atoms with E-state index in [1.165, 1.54) is 19.2 Å². The van der Waals surface area contributed by atoms with E-state index in [9.17, 15) is 23.9 Å². The number of benzene rings is 2. The third-order valence-corrected chi connectivity index (χ3v) is 7.41. The van der Waals surface area contributed by atoms with Crippen LogP contribution in [0.3, 0.4) is 0 Å². The average Bonchev–Trinajstić information content (AvgIpc) is 3.29. The Balaban J connectivity index is 1.90. The molecule has 1 aliphatic rings. The molecule has 8 nitrogen and oxygen atoms in total. The number of nitrogens with one attached hydrogen (secondary N) is 1. The van der Waals surface area contributed by atoms with Crippen LogP contribution in [0, 0.1) is 11.7 Å². The molecule has 10 radical (unpaired) electrons. The second kappa shape index (κ2) is 13.1. The van der Waals surface area contributed by atoms with Crippen LogP contribution in [0.4, 0.5) is 4.39 Å². The van der Waals surface area contributed by atoms with Gasteiger partial charge in [-0.2, -0.15) is 0 Å². The van der Waals surface area contributed by atoms with Crippen LogP contribution in [0.25, 0.3) is 0 Å². The number of amides is 2. The maximum absolute atomic E-state index is 14.8. The molecule has 1 heterocycles. The molecule has 1 aliphatic heterocycles. The molecule has 1 unspecified atom stereocenters. The van der Waals surface area contributed by atoms with Crippen LogP contribution >= 0.6 is 0 Å². The summed E-state index contributed by atoms with van der Waals surface area (Å²) in [5.74, 6) is -1.60. The molecular formula is C28H31B5FN3O5. The standard InChI is InChI=1S/C28H31B5FN3O5/c1-17(2)12-36(9-10-38)13-18-7-8-22(34)19(11-18)15-42-23-6-4-5-20-21(23)14-37(24(20)40)27(31,25(41)35-3)28(32,33)26(29,30)16-39/h4-8,11,16-17,38H,9-10,12-15H2,1-3H3,(H,35,41). The van der Waals surface area contributed by atoms with Gasteiger partial charge in [-0.3, -0.25) is 14.5 Å². The molecule has 0 bridgehead atoms. The summed E-state index contributed by atoms with van der Waals surface area (Å²) < 4.78 is 20.8. The van der Waals surface area contributed by atoms with E-state index in [0.29, 0.717) is 24.6 Å². The smallest absolute Gasteiger partial charge is 0.254 e. The van der Waals surface area contributed by atoms with Gasteiger partial charge in [-0.25, -0.2) is 4.39 Å². The van der Waals surface area contributed by atoms with Crippen molar-refractivity contribution >= 4 is 57.3 Å². The van der Waals surface area contributed by atoms with Gasteiger partial charge in [0.05, 0.1) is 50.0 Å². The molecule has 0 fully saturated rings. The Labute approximate surface area is 253 Å². The molecule has 0 aromatic heterocycles. The summed E-state index contributed by atoms with van der Waals surface area (Å²) in [7, 11) is 31.6. The Morgan fingerprint density at radius 1 is 1.21 bits per heavy atom. The van der Waals surface area contributed by atoms with Gasteiger partial charge in [0, 0.05) is 43.4 Å². The van der Waals surface area contributed by atoms with Crippen LogP contribution in [-0.2, 0) is 29.3 Å². The first-order valence-corrected chi connectivity index (χ1v) is 13.4. The van der Waals surface area contributed by atoms with E-state index >= 15 is 0 Å². The molecule has 3 rings (SSSR count). The highest BCUT2D eigenvalue weighted by Crippen LogP contribution is 2.52. The first-order valence-electron chi connectivity index (χ1n) is 13.4. The molecule has 2 aromatic rings. The quantitative estimate of drug-likeness (QED) is 0.258. The highest BCUT2D eigenvalue weighted by molar-refractivity contribution is 6.63. The molecule has 14 heteroatoms. The Morgan fingerprint density at radius 2 is 1.90 bits per heavy atom. The average molecular weight is 563 g/mol. The summed E-state index contributed by atoms with van der Waals surface area (Å²) in [4.78, 5) is 41.2. The van der Waals surface area contributed by atoms with Crippen molar-refractivity contribution in [2.24, 2.45) is 5.92 Å². The zero-order chi connectivity index (χ0) is 31.5. The number of aliphatic hydroxyl groups excluding tert-OH is 1. The number of hydrogen-bond donors (Lipinski definition) is 2. The zero-order valence-electron chi connectivity index (χ0n) is 24.1. The first-order chi connectivity index (χ1) is 19.6. The van der Waals surface area contributed by atoms with E-state index in [2.05, 4.69) is 24.1 Å². The Bertz CT molecular complexity index is 1330. The topological polar surface area (TPSA) is 99.2 Å². The second-order valence-electron chi connectivity index (χ2n) is 11.0. The number of carbonyl (C=O) groups excluding carboxylic acids is 3. The Hall–Kier alpha value is -2.98. The Morgan fingerprint density at radius 3 is 2.50 bits per heavy atom. The van der Waals surface area contributed by atoms with Gasteiger partial charge in [-0.1, -0.05) is 36.4 Å². The molecule has 2 aromatic carbocycles. The monoisotopic (exact) mass is 563 g/mol. The van der Waals surface area contributed by atoms with Gasteiger partial charge in [0.2, 0.25) is 5.91 Å². The van der Waals surface area contributed by atoms with Crippen molar-refractivity contribution in [1.82, 2.24) is 15.1 Å². The lowest BCUT2D eigenvalue weighted by Gasteiger charge is -2.56. The number of carbonyl (C=O) groups is 3. The van der Waals surface area contributed by atoms with Gasteiger partial charge in [0.25, 0.3) is 5.91 Å². The van der Waals surface area contributed by atoms with E-state index in [1.54, 1.807) is 24.3 Å². The molecule has 0 saturated heterocycles. The highest BCUT2D eigenvalue weighted by atomic mass is 19.1. The van der Waals surface area contributed by atoms with Gasteiger partial charge in [0.15, 0.2) is 0 Å². The first kappa shape index (κ1) is 33.5. The maximum atomic E-state index is 14.8. The van der Waals surface area contributed by atoms with Crippen molar-refractivity contribution in [2.75, 3.05) is 26.7 Å². The van der Waals surface area contributed by atoms with Crippen LogP contribution in [0.15, 0.2) is 36.4 Å². The number of aliphatic hydroxyl groups is 1. The fourth-order valence-corrected chi connectivity index (χ4v) is 5.02. The predicted molar refractivity (Wildman–Crippen MR) is 161 cm³/mol. The van der Waals surface area contributed by atoms with Gasteiger partial charge in [-0.15, -0.1) is 0 Å². The minimum Gasteiger partial charge on any atom is -0.488 e. The number of halogens is 1. The van der Waals surface area contributed by atoms with Crippen molar-refractivity contribution < 1.29 is 28.6 Å². The van der Waals surface area contributed by atoms with Gasteiger partial charge in [0.1, 0.15) is 32.3 Å². The van der Waals surface area contributed by atoms with Gasteiger partial charge in [-0.05, 0) is 35.7 Å². The largest absolute Gasteiger partial charge is 0.488 e. The molecule has 0 saturated carbocycles. The number of nitrogens with zero attached hydrogens (tertiary/aromatic N) is 2. The summed E-state index contributed by atoms with van der Waals surface area (Å²) in [6.07, 6.45) is 0.0499. The summed E-state index contributed by atoms with van der Waals surface area (Å²) in [6.45, 7) is 5.45. The number of hydrogen-bond acceptors (Lipinski definition) is 6. The van der Waals surface area contributed by atoms with Crippen LogP contribution < -0.4 is 10.1 Å². The molecule has 210 valence electrons. The molecule has 2 amide bonds. The fourth-order valence-electron chi connectivity index (χ4n) is 5.02. The minimum absolute atomic E-state index is 0.00482. The van der Waals surface area contributed by atoms with Crippen molar-refractivity contribution in [1.29, 1.82) is 0 Å². The summed E-state index contributed by atoms with van der Waals surface area (Å²) in [6, 6.07) is 9.36. The van der Waals surface area contributed by atoms with Crippen LogP contribution in [0.1, 0.15) is 40.9 Å². The van der Waals surface area contributed by atoms with Crippen molar-refractivity contribution in [3.05, 3.63) is 64.5 Å². The second-order valence-corrected chi connectivity index (χ2v) is 11.0. The van der Waals surface area contributed by atoms with E-state index in [4.69, 9.17) is 44.0 Å². The normalized spacial score (nSPS) is 15.0. The van der Waals surface area contributed by atoms with Crippen LogP contribution in [-0.4, -0.2) is 104 Å². The lowest BCUT2D eigenvalue weighted by atomic mass is 9.23. The third kappa shape index (κ3) is 6.34. The lowest BCUT2D eigenvalue weighted by Crippen LogP contribution is -2.69. The van der Waals surface area contributed by atoms with Crippen LogP contribution in [0.2, 0.25) is 10.4 Å². The molecule has 1 atom stereocenters. The van der Waals surface area contributed by atoms with E-state index in [0.717, 1.165) is 17.0 Å². The van der Waals surface area contributed by atoms with E-state index < -0.39 is 33.5 Å². The SMILES string of the molecule is [B]C([B])(C=O)C([B])([B])C([B])(C(=O)NC)N1Cc2c(OCc3cc(CN(CCO)CC(C)C)ccc3F)cccc2C1=O. The number of fused-ring (bicyclic) bond motifs is 1. The van der Waals surface area contributed by atoms with E-state index in [1.807, 2.05) is 0 Å². The predicted octanol–water partition coefficient (Wildman–Crippen LogP) is 0.527. The summed E-state index contributed by atoms with van der Waals surface area (Å²) >= 11 is 0. The van der Waals surface area contributed by atoms with Gasteiger partial charge < -0.3 is 24.9 Å².